The Morgan fingerprint density at radius 1 is 0.868 bits per heavy atom. The maximum atomic E-state index is 13.0. The molecule has 38 heavy (non-hydrogen) atoms. The minimum atomic E-state index is -0.781. The van der Waals surface area contributed by atoms with Crippen LogP contribution in [0.15, 0.2) is 77.3 Å². The Kier molecular flexibility index (Phi) is 8.22. The van der Waals surface area contributed by atoms with Gasteiger partial charge in [-0.05, 0) is 59.3 Å². The highest BCUT2D eigenvalue weighted by atomic mass is 79.9. The molecule has 0 N–H and O–H groups in total. The van der Waals surface area contributed by atoms with Gasteiger partial charge in [-0.1, -0.05) is 36.4 Å². The number of esters is 3. The van der Waals surface area contributed by atoms with E-state index in [4.69, 9.17) is 18.9 Å². The van der Waals surface area contributed by atoms with Crippen LogP contribution >= 0.6 is 15.9 Å². The summed E-state index contributed by atoms with van der Waals surface area (Å²) in [4.78, 5) is 38.6. The molecular formula is C28H23BrN2O7. The molecule has 4 rings (SSSR count). The van der Waals surface area contributed by atoms with Gasteiger partial charge in [-0.2, -0.15) is 5.10 Å². The lowest BCUT2D eigenvalue weighted by Gasteiger charge is -2.14. The van der Waals surface area contributed by atoms with E-state index in [0.717, 1.165) is 0 Å². The fraction of sp³-hybridized carbons (Fsp3) is 0.143. The second-order valence-electron chi connectivity index (χ2n) is 7.78. The number of rotatable bonds is 8. The second kappa shape index (κ2) is 11.7. The minimum Gasteiger partial charge on any atom is -0.490 e. The molecule has 0 bridgehead atoms. The third-order valence-electron chi connectivity index (χ3n) is 5.44. The van der Waals surface area contributed by atoms with E-state index in [1.54, 1.807) is 73.7 Å². The SMILES string of the molecule is CCOc1cc(-c2nn(-c3ccccc3)c(C(=O)OC)c2C(=O)OC)cc(Br)c1OC(=O)c1ccccc1. The molecule has 10 heteroatoms. The van der Waals surface area contributed by atoms with Gasteiger partial charge in [0.05, 0.1) is 36.6 Å². The summed E-state index contributed by atoms with van der Waals surface area (Å²) in [7, 11) is 2.42. The number of nitrogens with zero attached hydrogens (tertiary/aromatic N) is 2. The van der Waals surface area contributed by atoms with Crippen LogP contribution in [-0.4, -0.2) is 48.5 Å². The summed E-state index contributed by atoms with van der Waals surface area (Å²) in [5, 5.41) is 4.60. The van der Waals surface area contributed by atoms with Crippen molar-refractivity contribution in [2.24, 2.45) is 0 Å². The molecule has 3 aromatic carbocycles. The molecule has 0 aliphatic rings. The first-order valence-electron chi connectivity index (χ1n) is 11.5. The molecule has 9 nitrogen and oxygen atoms in total. The molecule has 0 radical (unpaired) electrons. The molecule has 194 valence electrons. The fourth-order valence-corrected chi connectivity index (χ4v) is 4.27. The molecule has 4 aromatic rings. The van der Waals surface area contributed by atoms with Crippen LogP contribution < -0.4 is 9.47 Å². The number of hydrogen-bond donors (Lipinski definition) is 0. The van der Waals surface area contributed by atoms with Crippen molar-refractivity contribution in [3.63, 3.8) is 0 Å². The zero-order valence-electron chi connectivity index (χ0n) is 20.8. The molecule has 0 aliphatic heterocycles. The zero-order valence-corrected chi connectivity index (χ0v) is 22.4. The van der Waals surface area contributed by atoms with Crippen molar-refractivity contribution < 1.29 is 33.3 Å². The van der Waals surface area contributed by atoms with Crippen molar-refractivity contribution in [2.75, 3.05) is 20.8 Å². The van der Waals surface area contributed by atoms with Gasteiger partial charge in [0, 0.05) is 5.56 Å². The number of carbonyl (C=O) groups is 3. The molecule has 0 aliphatic carbocycles. The quantitative estimate of drug-likeness (QED) is 0.199. The monoisotopic (exact) mass is 578 g/mol. The normalized spacial score (nSPS) is 10.5. The maximum absolute atomic E-state index is 13.0. The summed E-state index contributed by atoms with van der Waals surface area (Å²) in [6.07, 6.45) is 0. The Morgan fingerprint density at radius 2 is 1.50 bits per heavy atom. The molecule has 0 unspecified atom stereocenters. The van der Waals surface area contributed by atoms with Crippen LogP contribution in [0.2, 0.25) is 0 Å². The molecule has 0 spiro atoms. The Hall–Kier alpha value is -4.44. The number of methoxy groups -OCH3 is 2. The van der Waals surface area contributed by atoms with Gasteiger partial charge in [-0.15, -0.1) is 0 Å². The Balaban J connectivity index is 1.91. The van der Waals surface area contributed by atoms with Crippen molar-refractivity contribution in [2.45, 2.75) is 6.92 Å². The topological polar surface area (TPSA) is 106 Å². The molecule has 0 saturated carbocycles. The summed E-state index contributed by atoms with van der Waals surface area (Å²) in [6.45, 7) is 2.05. The molecule has 0 fully saturated rings. The van der Waals surface area contributed by atoms with E-state index < -0.39 is 17.9 Å². The van der Waals surface area contributed by atoms with E-state index in [1.807, 2.05) is 6.07 Å². The van der Waals surface area contributed by atoms with Gasteiger partial charge in [0.25, 0.3) is 0 Å². The Bertz CT molecular complexity index is 1480. The van der Waals surface area contributed by atoms with E-state index in [-0.39, 0.29) is 35.1 Å². The van der Waals surface area contributed by atoms with Crippen LogP contribution in [0.3, 0.4) is 0 Å². The summed E-state index contributed by atoms with van der Waals surface area (Å²) in [6, 6.07) is 20.5. The van der Waals surface area contributed by atoms with Gasteiger partial charge in [-0.3, -0.25) is 0 Å². The van der Waals surface area contributed by atoms with E-state index >= 15 is 0 Å². The summed E-state index contributed by atoms with van der Waals surface area (Å²) >= 11 is 3.46. The number of benzene rings is 3. The average molecular weight is 579 g/mol. The van der Waals surface area contributed by atoms with Crippen molar-refractivity contribution in [3.8, 4) is 28.4 Å². The highest BCUT2D eigenvalue weighted by Crippen LogP contribution is 2.41. The van der Waals surface area contributed by atoms with Crippen molar-refractivity contribution >= 4 is 33.8 Å². The maximum Gasteiger partial charge on any atom is 0.357 e. The number of para-hydroxylation sites is 1. The van der Waals surface area contributed by atoms with E-state index in [1.165, 1.54) is 18.9 Å². The third kappa shape index (κ3) is 5.30. The number of carbonyl (C=O) groups excluding carboxylic acids is 3. The smallest absolute Gasteiger partial charge is 0.357 e. The fourth-order valence-electron chi connectivity index (χ4n) is 3.75. The Labute approximate surface area is 227 Å². The van der Waals surface area contributed by atoms with Gasteiger partial charge < -0.3 is 18.9 Å². The van der Waals surface area contributed by atoms with Crippen molar-refractivity contribution in [3.05, 3.63) is 94.1 Å². The van der Waals surface area contributed by atoms with Crippen molar-refractivity contribution in [1.82, 2.24) is 9.78 Å². The average Bonchev–Trinajstić information content (AvgIpc) is 3.35. The van der Waals surface area contributed by atoms with Crippen LogP contribution in [0.25, 0.3) is 16.9 Å². The summed E-state index contributed by atoms with van der Waals surface area (Å²) < 4.78 is 23.1. The predicted octanol–water partition coefficient (Wildman–Crippen LogP) is 5.49. The predicted molar refractivity (Wildman–Crippen MR) is 142 cm³/mol. The third-order valence-corrected chi connectivity index (χ3v) is 6.03. The zero-order chi connectivity index (χ0) is 27.2. The van der Waals surface area contributed by atoms with Gasteiger partial charge >= 0.3 is 17.9 Å². The molecular weight excluding hydrogens is 556 g/mol. The summed E-state index contributed by atoms with van der Waals surface area (Å²) in [5.74, 6) is -1.75. The van der Waals surface area contributed by atoms with E-state index in [0.29, 0.717) is 21.3 Å². The van der Waals surface area contributed by atoms with Crippen LogP contribution in [0, 0.1) is 0 Å². The Morgan fingerprint density at radius 3 is 2.11 bits per heavy atom. The largest absolute Gasteiger partial charge is 0.490 e. The molecule has 1 heterocycles. The number of ether oxygens (including phenoxy) is 4. The summed E-state index contributed by atoms with van der Waals surface area (Å²) in [5.41, 5.74) is 1.24. The van der Waals surface area contributed by atoms with Gasteiger partial charge in [0.1, 0.15) is 11.3 Å². The minimum absolute atomic E-state index is 0.0911. The first-order valence-corrected chi connectivity index (χ1v) is 12.3. The molecule has 0 atom stereocenters. The van der Waals surface area contributed by atoms with Crippen LogP contribution in [-0.2, 0) is 9.47 Å². The van der Waals surface area contributed by atoms with Crippen LogP contribution in [0.5, 0.6) is 11.5 Å². The van der Waals surface area contributed by atoms with Gasteiger partial charge in [-0.25, -0.2) is 19.1 Å². The lowest BCUT2D eigenvalue weighted by Crippen LogP contribution is -2.15. The van der Waals surface area contributed by atoms with Crippen LogP contribution in [0.1, 0.15) is 38.1 Å². The first kappa shape index (κ1) is 26.6. The molecule has 1 aromatic heterocycles. The number of hydrogen-bond acceptors (Lipinski definition) is 8. The highest BCUT2D eigenvalue weighted by Gasteiger charge is 2.32. The molecule has 0 amide bonds. The lowest BCUT2D eigenvalue weighted by molar-refractivity contribution is 0.0549. The van der Waals surface area contributed by atoms with Crippen molar-refractivity contribution in [1.29, 1.82) is 0 Å². The second-order valence-corrected chi connectivity index (χ2v) is 8.63. The van der Waals surface area contributed by atoms with Gasteiger partial charge in [0.2, 0.25) is 0 Å². The first-order chi connectivity index (χ1) is 18.4. The van der Waals surface area contributed by atoms with Gasteiger partial charge in [0.15, 0.2) is 17.2 Å². The standard InChI is InChI=1S/C28H23BrN2O7/c1-4-37-21-16-18(15-20(29)25(21)38-26(32)17-11-7-5-8-12-17)23-22(27(33)35-2)24(28(34)36-3)31(30-23)19-13-9-6-10-14-19/h5-16H,4H2,1-3H3. The van der Waals surface area contributed by atoms with E-state index in [2.05, 4.69) is 21.0 Å². The lowest BCUT2D eigenvalue weighted by atomic mass is 10.0. The highest BCUT2D eigenvalue weighted by molar-refractivity contribution is 9.10. The number of aromatic nitrogens is 2. The molecule has 0 saturated heterocycles. The number of halogens is 1. The van der Waals surface area contributed by atoms with Crippen LogP contribution in [0.4, 0.5) is 0 Å². The van der Waals surface area contributed by atoms with E-state index in [9.17, 15) is 14.4 Å².